The van der Waals surface area contributed by atoms with Crippen LogP contribution < -0.4 is 11.1 Å². The van der Waals surface area contributed by atoms with Gasteiger partial charge >= 0.3 is 0 Å². The number of nitrogens with two attached hydrogens (primary N) is 1. The molecule has 2 atom stereocenters. The largest absolute Gasteiger partial charge is 0.329 e. The fourth-order valence-electron chi connectivity index (χ4n) is 3.82. The van der Waals surface area contributed by atoms with E-state index >= 15 is 0 Å². The molecule has 0 aromatic heterocycles. The highest BCUT2D eigenvalue weighted by molar-refractivity contribution is 4.97. The van der Waals surface area contributed by atoms with Gasteiger partial charge in [0.1, 0.15) is 0 Å². The number of rotatable bonds is 4. The Morgan fingerprint density at radius 2 is 1.88 bits per heavy atom. The summed E-state index contributed by atoms with van der Waals surface area (Å²) < 4.78 is 0. The van der Waals surface area contributed by atoms with Crippen molar-refractivity contribution < 1.29 is 0 Å². The van der Waals surface area contributed by atoms with Crippen molar-refractivity contribution in [2.75, 3.05) is 6.54 Å². The minimum absolute atomic E-state index is 0.278. The average molecular weight is 238 g/mol. The summed E-state index contributed by atoms with van der Waals surface area (Å²) in [4.78, 5) is 0. The molecule has 2 fully saturated rings. The van der Waals surface area contributed by atoms with E-state index in [2.05, 4.69) is 19.2 Å². The fourth-order valence-corrected chi connectivity index (χ4v) is 3.82. The van der Waals surface area contributed by atoms with E-state index in [1.165, 1.54) is 51.4 Å². The van der Waals surface area contributed by atoms with E-state index in [0.29, 0.717) is 0 Å². The van der Waals surface area contributed by atoms with Crippen LogP contribution in [0.15, 0.2) is 0 Å². The highest BCUT2D eigenvalue weighted by atomic mass is 15.0. The molecule has 0 heterocycles. The van der Waals surface area contributed by atoms with Gasteiger partial charge < -0.3 is 11.1 Å². The molecule has 0 bridgehead atoms. The number of hydrogen-bond donors (Lipinski definition) is 2. The fraction of sp³-hybridized carbons (Fsp3) is 1.00. The molecule has 100 valence electrons. The van der Waals surface area contributed by atoms with Gasteiger partial charge in [-0.2, -0.15) is 0 Å². The second-order valence-corrected chi connectivity index (χ2v) is 6.60. The smallest absolute Gasteiger partial charge is 0.0306 e. The molecule has 2 heteroatoms. The minimum Gasteiger partial charge on any atom is -0.329 e. The lowest BCUT2D eigenvalue weighted by molar-refractivity contribution is 0.173. The second kappa shape index (κ2) is 5.71. The second-order valence-electron chi connectivity index (χ2n) is 6.60. The first kappa shape index (κ1) is 13.4. The van der Waals surface area contributed by atoms with E-state index in [4.69, 9.17) is 5.73 Å². The Morgan fingerprint density at radius 1 is 1.18 bits per heavy atom. The van der Waals surface area contributed by atoms with Crippen LogP contribution in [0.5, 0.6) is 0 Å². The molecule has 0 aliphatic heterocycles. The third-order valence-corrected chi connectivity index (χ3v) is 5.24. The van der Waals surface area contributed by atoms with Gasteiger partial charge in [-0.15, -0.1) is 0 Å². The van der Waals surface area contributed by atoms with Gasteiger partial charge in [-0.3, -0.25) is 0 Å². The summed E-state index contributed by atoms with van der Waals surface area (Å²) in [6.45, 7) is 5.53. The Kier molecular flexibility index (Phi) is 4.48. The lowest BCUT2D eigenvalue weighted by Crippen LogP contribution is -2.56. The maximum Gasteiger partial charge on any atom is 0.0306 e. The molecule has 0 saturated heterocycles. The first-order valence-corrected chi connectivity index (χ1v) is 7.65. The topological polar surface area (TPSA) is 38.0 Å². The number of nitrogens with one attached hydrogen (secondary N) is 1. The predicted octanol–water partition coefficient (Wildman–Crippen LogP) is 3.06. The van der Waals surface area contributed by atoms with E-state index in [1.807, 2.05) is 0 Å². The molecule has 2 saturated carbocycles. The molecule has 0 amide bonds. The molecular formula is C15H30N2. The van der Waals surface area contributed by atoms with Crippen LogP contribution in [0.4, 0.5) is 0 Å². The summed E-state index contributed by atoms with van der Waals surface area (Å²) in [5.41, 5.74) is 6.35. The molecule has 0 aromatic rings. The van der Waals surface area contributed by atoms with Crippen molar-refractivity contribution in [2.45, 2.75) is 76.8 Å². The third kappa shape index (κ3) is 3.23. The van der Waals surface area contributed by atoms with Crippen LogP contribution >= 0.6 is 0 Å². The van der Waals surface area contributed by atoms with Crippen LogP contribution in [-0.4, -0.2) is 18.1 Å². The van der Waals surface area contributed by atoms with Gasteiger partial charge in [0.25, 0.3) is 0 Å². The molecule has 0 radical (unpaired) electrons. The van der Waals surface area contributed by atoms with Crippen LogP contribution in [0.2, 0.25) is 0 Å². The van der Waals surface area contributed by atoms with Crippen molar-refractivity contribution in [1.29, 1.82) is 0 Å². The molecular weight excluding hydrogens is 208 g/mol. The van der Waals surface area contributed by atoms with Crippen LogP contribution in [0, 0.1) is 11.8 Å². The van der Waals surface area contributed by atoms with Crippen molar-refractivity contribution in [2.24, 2.45) is 17.6 Å². The van der Waals surface area contributed by atoms with Crippen molar-refractivity contribution in [3.05, 3.63) is 0 Å². The van der Waals surface area contributed by atoms with E-state index in [1.54, 1.807) is 0 Å². The van der Waals surface area contributed by atoms with Crippen LogP contribution in [0.3, 0.4) is 0 Å². The summed E-state index contributed by atoms with van der Waals surface area (Å²) in [7, 11) is 0. The normalized spacial score (nSPS) is 42.9. The summed E-state index contributed by atoms with van der Waals surface area (Å²) in [5.74, 6) is 1.87. The molecule has 0 spiro atoms. The monoisotopic (exact) mass is 238 g/mol. The molecule has 2 aliphatic rings. The van der Waals surface area contributed by atoms with Crippen molar-refractivity contribution in [3.8, 4) is 0 Å². The quantitative estimate of drug-likeness (QED) is 0.790. The maximum atomic E-state index is 6.08. The third-order valence-electron chi connectivity index (χ3n) is 5.24. The summed E-state index contributed by atoms with van der Waals surface area (Å²) in [5, 5.41) is 3.93. The van der Waals surface area contributed by atoms with Crippen molar-refractivity contribution in [1.82, 2.24) is 5.32 Å². The van der Waals surface area contributed by atoms with E-state index in [0.717, 1.165) is 24.4 Å². The minimum atomic E-state index is 0.278. The standard InChI is InChI=1S/C15H30N2/c1-3-13-6-8-15(11-16,9-7-13)17-14-5-4-12(2)10-14/h12-14,17H,3-11,16H2,1-2H3. The Morgan fingerprint density at radius 3 is 2.35 bits per heavy atom. The zero-order valence-electron chi connectivity index (χ0n) is 11.7. The Bertz CT molecular complexity index is 231. The lowest BCUT2D eigenvalue weighted by Gasteiger charge is -2.42. The molecule has 2 rings (SSSR count). The molecule has 2 nitrogen and oxygen atoms in total. The Labute approximate surface area is 107 Å². The first-order valence-electron chi connectivity index (χ1n) is 7.65. The summed E-state index contributed by atoms with van der Waals surface area (Å²) in [6, 6.07) is 0.742. The van der Waals surface area contributed by atoms with Gasteiger partial charge in [0, 0.05) is 18.1 Å². The highest BCUT2D eigenvalue weighted by Gasteiger charge is 2.36. The first-order chi connectivity index (χ1) is 8.17. The van der Waals surface area contributed by atoms with Gasteiger partial charge in [-0.1, -0.05) is 20.3 Å². The van der Waals surface area contributed by atoms with Crippen LogP contribution in [0.25, 0.3) is 0 Å². The van der Waals surface area contributed by atoms with Crippen LogP contribution in [-0.2, 0) is 0 Å². The van der Waals surface area contributed by atoms with Crippen molar-refractivity contribution >= 4 is 0 Å². The van der Waals surface area contributed by atoms with Crippen molar-refractivity contribution in [3.63, 3.8) is 0 Å². The lowest BCUT2D eigenvalue weighted by atomic mass is 9.75. The molecule has 17 heavy (non-hydrogen) atoms. The van der Waals surface area contributed by atoms with Gasteiger partial charge in [-0.25, -0.2) is 0 Å². The zero-order valence-corrected chi connectivity index (χ0v) is 11.7. The number of hydrogen-bond acceptors (Lipinski definition) is 2. The van der Waals surface area contributed by atoms with Gasteiger partial charge in [0.2, 0.25) is 0 Å². The maximum absolute atomic E-state index is 6.08. The molecule has 0 aromatic carbocycles. The van der Waals surface area contributed by atoms with Gasteiger partial charge in [0.05, 0.1) is 0 Å². The van der Waals surface area contributed by atoms with Gasteiger partial charge in [-0.05, 0) is 56.8 Å². The Balaban J connectivity index is 1.87. The molecule has 2 aliphatic carbocycles. The molecule has 3 N–H and O–H groups in total. The van der Waals surface area contributed by atoms with Crippen LogP contribution in [0.1, 0.15) is 65.2 Å². The SMILES string of the molecule is CCC1CCC(CN)(NC2CCC(C)C2)CC1. The van der Waals surface area contributed by atoms with Gasteiger partial charge in [0.15, 0.2) is 0 Å². The van der Waals surface area contributed by atoms with E-state index in [-0.39, 0.29) is 5.54 Å². The van der Waals surface area contributed by atoms with E-state index in [9.17, 15) is 0 Å². The summed E-state index contributed by atoms with van der Waals surface area (Å²) >= 11 is 0. The summed E-state index contributed by atoms with van der Waals surface area (Å²) in [6.07, 6.45) is 10.8. The Hall–Kier alpha value is -0.0800. The highest BCUT2D eigenvalue weighted by Crippen LogP contribution is 2.35. The zero-order chi connectivity index (χ0) is 12.3. The average Bonchev–Trinajstić information content (AvgIpc) is 2.75. The van der Waals surface area contributed by atoms with E-state index < -0.39 is 0 Å². The molecule has 2 unspecified atom stereocenters. The predicted molar refractivity (Wildman–Crippen MR) is 74.0 cm³/mol.